The third kappa shape index (κ3) is 4.96. The zero-order valence-electron chi connectivity index (χ0n) is 15.7. The molecule has 1 fully saturated rings. The highest BCUT2D eigenvalue weighted by Gasteiger charge is 2.33. The molecule has 0 bridgehead atoms. The first-order valence-electron chi connectivity index (χ1n) is 8.81. The van der Waals surface area contributed by atoms with E-state index in [-0.39, 0.29) is 23.3 Å². The van der Waals surface area contributed by atoms with Gasteiger partial charge in [0.05, 0.1) is 17.9 Å². The van der Waals surface area contributed by atoms with Crippen molar-refractivity contribution in [3.63, 3.8) is 0 Å². The largest absolute Gasteiger partial charge is 0.496 e. The van der Waals surface area contributed by atoms with Crippen LogP contribution in [0.15, 0.2) is 23.1 Å². The van der Waals surface area contributed by atoms with Crippen LogP contribution < -0.4 is 10.1 Å². The molecule has 1 amide bonds. The third-order valence-electron chi connectivity index (χ3n) is 4.58. The Morgan fingerprint density at radius 1 is 1.35 bits per heavy atom. The van der Waals surface area contributed by atoms with Gasteiger partial charge in [0.1, 0.15) is 5.75 Å². The molecule has 146 valence electrons. The second kappa shape index (κ2) is 9.34. The Kier molecular flexibility index (Phi) is 7.43. The molecule has 8 heteroatoms. The van der Waals surface area contributed by atoms with E-state index in [0.29, 0.717) is 38.3 Å². The van der Waals surface area contributed by atoms with Gasteiger partial charge in [-0.25, -0.2) is 8.42 Å². The van der Waals surface area contributed by atoms with Crippen molar-refractivity contribution >= 4 is 15.9 Å². The van der Waals surface area contributed by atoms with E-state index in [4.69, 9.17) is 9.47 Å². The number of methoxy groups -OCH3 is 2. The lowest BCUT2D eigenvalue weighted by Gasteiger charge is -2.31. The Morgan fingerprint density at radius 3 is 2.77 bits per heavy atom. The Bertz CT molecular complexity index is 720. The Labute approximate surface area is 155 Å². The fourth-order valence-corrected chi connectivity index (χ4v) is 4.72. The summed E-state index contributed by atoms with van der Waals surface area (Å²) in [5, 5.41) is 2.87. The molecular formula is C18H28N2O5S. The zero-order chi connectivity index (χ0) is 19.2. The van der Waals surface area contributed by atoms with Crippen LogP contribution in [0.4, 0.5) is 0 Å². The van der Waals surface area contributed by atoms with Crippen LogP contribution in [0.5, 0.6) is 5.75 Å². The SMILES string of the molecule is COCCCNC(=O)[C@@H]1CCCN(S(=O)(=O)c2ccc(OC)c(C)c2)C1. The summed E-state index contributed by atoms with van der Waals surface area (Å²) >= 11 is 0. The van der Waals surface area contributed by atoms with Gasteiger partial charge >= 0.3 is 0 Å². The summed E-state index contributed by atoms with van der Waals surface area (Å²) < 4.78 is 37.4. The summed E-state index contributed by atoms with van der Waals surface area (Å²) in [7, 11) is -0.457. The van der Waals surface area contributed by atoms with Crippen molar-refractivity contribution < 1.29 is 22.7 Å². The lowest BCUT2D eigenvalue weighted by atomic mass is 9.99. The molecule has 0 aliphatic carbocycles. The number of sulfonamides is 1. The van der Waals surface area contributed by atoms with Gasteiger partial charge < -0.3 is 14.8 Å². The summed E-state index contributed by atoms with van der Waals surface area (Å²) in [6, 6.07) is 4.82. The minimum atomic E-state index is -3.63. The van der Waals surface area contributed by atoms with E-state index < -0.39 is 10.0 Å². The molecule has 1 N–H and O–H groups in total. The Balaban J connectivity index is 2.05. The maximum Gasteiger partial charge on any atom is 0.243 e. The molecule has 26 heavy (non-hydrogen) atoms. The molecule has 0 saturated carbocycles. The van der Waals surface area contributed by atoms with Crippen molar-refractivity contribution in [2.75, 3.05) is 40.5 Å². The molecule has 1 atom stereocenters. The highest BCUT2D eigenvalue weighted by atomic mass is 32.2. The lowest BCUT2D eigenvalue weighted by molar-refractivity contribution is -0.126. The number of ether oxygens (including phenoxy) is 2. The van der Waals surface area contributed by atoms with Crippen molar-refractivity contribution in [1.29, 1.82) is 0 Å². The number of piperidine rings is 1. The number of carbonyl (C=O) groups excluding carboxylic acids is 1. The number of hydrogen-bond donors (Lipinski definition) is 1. The molecule has 0 unspecified atom stereocenters. The Morgan fingerprint density at radius 2 is 2.12 bits per heavy atom. The molecule has 0 spiro atoms. The van der Waals surface area contributed by atoms with Gasteiger partial charge in [0.15, 0.2) is 0 Å². The number of benzene rings is 1. The molecule has 0 radical (unpaired) electrons. The molecule has 1 aromatic rings. The number of amides is 1. The predicted octanol–water partition coefficient (Wildman–Crippen LogP) is 1.56. The van der Waals surface area contributed by atoms with E-state index in [0.717, 1.165) is 12.0 Å². The summed E-state index contributed by atoms with van der Waals surface area (Å²) in [6.07, 6.45) is 2.11. The van der Waals surface area contributed by atoms with Gasteiger partial charge in [0.2, 0.25) is 15.9 Å². The number of aryl methyl sites for hydroxylation is 1. The van der Waals surface area contributed by atoms with Crippen LogP contribution in [-0.2, 0) is 19.6 Å². The quantitative estimate of drug-likeness (QED) is 0.688. The van der Waals surface area contributed by atoms with Gasteiger partial charge in [-0.05, 0) is 49.9 Å². The number of hydrogen-bond acceptors (Lipinski definition) is 5. The fraction of sp³-hybridized carbons (Fsp3) is 0.611. The number of nitrogens with zero attached hydrogens (tertiary/aromatic N) is 1. The van der Waals surface area contributed by atoms with Crippen LogP contribution in [0.25, 0.3) is 0 Å². The first-order chi connectivity index (χ1) is 12.4. The van der Waals surface area contributed by atoms with Crippen LogP contribution in [-0.4, -0.2) is 59.1 Å². The van der Waals surface area contributed by atoms with E-state index in [2.05, 4.69) is 5.32 Å². The average Bonchev–Trinajstić information content (AvgIpc) is 2.65. The fourth-order valence-electron chi connectivity index (χ4n) is 3.11. The van der Waals surface area contributed by atoms with Crippen LogP contribution >= 0.6 is 0 Å². The highest BCUT2D eigenvalue weighted by molar-refractivity contribution is 7.89. The standard InChI is InChI=1S/C18H28N2O5S/c1-14-12-16(7-8-17(14)25-3)26(22,23)20-10-4-6-15(13-20)18(21)19-9-5-11-24-2/h7-8,12,15H,4-6,9-11,13H2,1-3H3,(H,19,21)/t15-/m1/s1. The Hall–Kier alpha value is -1.64. The monoisotopic (exact) mass is 384 g/mol. The second-order valence-corrected chi connectivity index (χ2v) is 8.41. The van der Waals surface area contributed by atoms with Gasteiger partial charge in [0.25, 0.3) is 0 Å². The molecular weight excluding hydrogens is 356 g/mol. The van der Waals surface area contributed by atoms with Crippen molar-refractivity contribution in [2.45, 2.75) is 31.1 Å². The molecule has 2 rings (SSSR count). The van der Waals surface area contributed by atoms with Crippen LogP contribution in [0.2, 0.25) is 0 Å². The zero-order valence-corrected chi connectivity index (χ0v) is 16.5. The highest BCUT2D eigenvalue weighted by Crippen LogP contribution is 2.27. The minimum absolute atomic E-state index is 0.0908. The molecule has 1 aliphatic rings. The molecule has 1 aliphatic heterocycles. The molecule has 1 saturated heterocycles. The summed E-state index contributed by atoms with van der Waals surface area (Å²) in [5.41, 5.74) is 0.762. The van der Waals surface area contributed by atoms with Crippen LogP contribution in [0, 0.1) is 12.8 Å². The first kappa shape index (κ1) is 20.7. The summed E-state index contributed by atoms with van der Waals surface area (Å²) in [6.45, 7) is 3.57. The number of nitrogens with one attached hydrogen (secondary N) is 1. The normalized spacial score (nSPS) is 18.5. The van der Waals surface area contributed by atoms with Gasteiger partial charge in [-0.2, -0.15) is 4.31 Å². The van der Waals surface area contributed by atoms with E-state index in [1.54, 1.807) is 32.4 Å². The van der Waals surface area contributed by atoms with Crippen molar-refractivity contribution in [3.8, 4) is 5.75 Å². The van der Waals surface area contributed by atoms with Crippen molar-refractivity contribution in [1.82, 2.24) is 9.62 Å². The predicted molar refractivity (Wildman–Crippen MR) is 98.7 cm³/mol. The van der Waals surface area contributed by atoms with Crippen LogP contribution in [0.3, 0.4) is 0 Å². The average molecular weight is 384 g/mol. The van der Waals surface area contributed by atoms with Gasteiger partial charge in [-0.15, -0.1) is 0 Å². The first-order valence-corrected chi connectivity index (χ1v) is 10.3. The number of carbonyl (C=O) groups is 1. The van der Waals surface area contributed by atoms with E-state index in [1.165, 1.54) is 4.31 Å². The lowest BCUT2D eigenvalue weighted by Crippen LogP contribution is -2.45. The summed E-state index contributed by atoms with van der Waals surface area (Å²) in [4.78, 5) is 12.6. The van der Waals surface area contributed by atoms with Crippen LogP contribution in [0.1, 0.15) is 24.8 Å². The second-order valence-electron chi connectivity index (χ2n) is 6.47. The molecule has 1 aromatic carbocycles. The third-order valence-corrected chi connectivity index (χ3v) is 6.44. The van der Waals surface area contributed by atoms with Crippen molar-refractivity contribution in [3.05, 3.63) is 23.8 Å². The van der Waals surface area contributed by atoms with Gasteiger partial charge in [-0.3, -0.25) is 4.79 Å². The maximum atomic E-state index is 12.9. The minimum Gasteiger partial charge on any atom is -0.496 e. The molecule has 0 aromatic heterocycles. The van der Waals surface area contributed by atoms with E-state index >= 15 is 0 Å². The molecule has 7 nitrogen and oxygen atoms in total. The molecule has 1 heterocycles. The van der Waals surface area contributed by atoms with Gasteiger partial charge in [-0.1, -0.05) is 0 Å². The van der Waals surface area contributed by atoms with Crippen molar-refractivity contribution in [2.24, 2.45) is 5.92 Å². The topological polar surface area (TPSA) is 84.9 Å². The van der Waals surface area contributed by atoms with Gasteiger partial charge in [0, 0.05) is 33.4 Å². The maximum absolute atomic E-state index is 12.9. The number of rotatable bonds is 8. The van der Waals surface area contributed by atoms with E-state index in [1.807, 2.05) is 6.92 Å². The summed E-state index contributed by atoms with van der Waals surface area (Å²) in [5.74, 6) is 0.239. The smallest absolute Gasteiger partial charge is 0.243 e. The van der Waals surface area contributed by atoms with E-state index in [9.17, 15) is 13.2 Å².